The summed E-state index contributed by atoms with van der Waals surface area (Å²) in [5, 5.41) is 6.89. The number of carbonyl (C=O) groups is 2. The summed E-state index contributed by atoms with van der Waals surface area (Å²) in [6, 6.07) is 43.8. The third-order valence-corrected chi connectivity index (χ3v) is 11.3. The van der Waals surface area contributed by atoms with Gasteiger partial charge in [0.15, 0.2) is 0 Å². The molecule has 8 aromatic carbocycles. The van der Waals surface area contributed by atoms with Crippen LogP contribution in [0, 0.1) is 13.8 Å². The number of benzene rings is 8. The normalized spacial score (nSPS) is 11.3. The number of unbranched alkanes of at least 4 members (excludes halogenated alkanes) is 4. The summed E-state index contributed by atoms with van der Waals surface area (Å²) >= 11 is 0. The maximum atomic E-state index is 13.6. The Labute approximate surface area is 351 Å². The third-order valence-electron chi connectivity index (χ3n) is 11.3. The quantitative estimate of drug-likeness (QED) is 0.0501. The van der Waals surface area contributed by atoms with E-state index in [0.29, 0.717) is 23.0 Å². The Hall–Kier alpha value is -6.66. The molecule has 0 N–H and O–H groups in total. The largest absolute Gasteiger partial charge is 0.519 e. The highest BCUT2D eigenvalue weighted by atomic mass is 16.7. The molecule has 0 aliphatic rings. The molecule has 8 aromatic rings. The van der Waals surface area contributed by atoms with Crippen LogP contribution in [0.5, 0.6) is 23.0 Å². The van der Waals surface area contributed by atoms with Crippen molar-refractivity contribution >= 4 is 55.4 Å². The van der Waals surface area contributed by atoms with Crippen LogP contribution in [0.15, 0.2) is 133 Å². The monoisotopic (exact) mass is 794 g/mol. The lowest BCUT2D eigenvalue weighted by Crippen LogP contribution is -2.14. The van der Waals surface area contributed by atoms with Crippen LogP contribution in [-0.4, -0.2) is 12.3 Å². The van der Waals surface area contributed by atoms with Crippen LogP contribution < -0.4 is 18.9 Å². The summed E-state index contributed by atoms with van der Waals surface area (Å²) in [5.41, 5.74) is 6.55. The van der Waals surface area contributed by atoms with Gasteiger partial charge in [0.05, 0.1) is 0 Å². The second kappa shape index (κ2) is 18.1. The first-order chi connectivity index (χ1) is 29.3. The zero-order valence-electron chi connectivity index (χ0n) is 34.8. The molecular formula is C54H50O6. The Kier molecular flexibility index (Phi) is 12.1. The van der Waals surface area contributed by atoms with Crippen LogP contribution in [0.4, 0.5) is 9.59 Å². The van der Waals surface area contributed by atoms with E-state index in [-0.39, 0.29) is 0 Å². The minimum absolute atomic E-state index is 0.409. The molecule has 0 aromatic heterocycles. The van der Waals surface area contributed by atoms with Crippen LogP contribution in [0.1, 0.15) is 74.6 Å². The van der Waals surface area contributed by atoms with Crippen molar-refractivity contribution in [1.82, 2.24) is 0 Å². The van der Waals surface area contributed by atoms with Gasteiger partial charge >= 0.3 is 12.3 Å². The van der Waals surface area contributed by atoms with Crippen LogP contribution in [-0.2, 0) is 12.8 Å². The number of hydrogen-bond acceptors (Lipinski definition) is 6. The molecular weight excluding hydrogens is 745 g/mol. The van der Waals surface area contributed by atoms with E-state index < -0.39 is 12.3 Å². The van der Waals surface area contributed by atoms with Gasteiger partial charge in [-0.1, -0.05) is 160 Å². The fourth-order valence-electron chi connectivity index (χ4n) is 8.21. The smallest absolute Gasteiger partial charge is 0.395 e. The summed E-state index contributed by atoms with van der Waals surface area (Å²) < 4.78 is 23.9. The van der Waals surface area contributed by atoms with Gasteiger partial charge in [-0.15, -0.1) is 0 Å². The molecule has 0 fully saturated rings. The van der Waals surface area contributed by atoms with E-state index in [9.17, 15) is 9.59 Å². The number of fused-ring (bicyclic) bond motifs is 4. The molecule has 0 radical (unpaired) electrons. The summed E-state index contributed by atoms with van der Waals surface area (Å²) in [4.78, 5) is 27.2. The van der Waals surface area contributed by atoms with Crippen molar-refractivity contribution in [3.05, 3.63) is 156 Å². The average molecular weight is 795 g/mol. The van der Waals surface area contributed by atoms with Crippen LogP contribution in [0.25, 0.3) is 54.2 Å². The molecule has 0 amide bonds. The zero-order valence-corrected chi connectivity index (χ0v) is 34.8. The van der Waals surface area contributed by atoms with E-state index in [0.717, 1.165) is 117 Å². The minimum atomic E-state index is -0.809. The summed E-state index contributed by atoms with van der Waals surface area (Å²) in [6.45, 7) is 8.40. The lowest BCUT2D eigenvalue weighted by Gasteiger charge is -2.22. The van der Waals surface area contributed by atoms with E-state index >= 15 is 0 Å². The second-order valence-corrected chi connectivity index (χ2v) is 15.7. The highest BCUT2D eigenvalue weighted by molar-refractivity contribution is 6.27. The maximum absolute atomic E-state index is 13.6. The topological polar surface area (TPSA) is 71.1 Å². The highest BCUT2D eigenvalue weighted by Crippen LogP contribution is 2.50. The SMILES string of the molecule is CCCCCc1ccc2c(OC(=O)Oc3ccc(C)cc3)c3ccccc3c(-c3c4ccccc4c(OC(=O)Oc4ccc(C)cc4)c4ccc(CCCCC)cc34)c2c1. The predicted molar refractivity (Wildman–Crippen MR) is 244 cm³/mol. The van der Waals surface area contributed by atoms with Gasteiger partial charge in [0.25, 0.3) is 0 Å². The maximum Gasteiger partial charge on any atom is 0.519 e. The molecule has 6 nitrogen and oxygen atoms in total. The molecule has 6 heteroatoms. The van der Waals surface area contributed by atoms with E-state index in [4.69, 9.17) is 18.9 Å². The first kappa shape index (κ1) is 40.1. The lowest BCUT2D eigenvalue weighted by molar-refractivity contribution is 0.152. The molecule has 0 unspecified atom stereocenters. The van der Waals surface area contributed by atoms with Crippen molar-refractivity contribution in [3.63, 3.8) is 0 Å². The van der Waals surface area contributed by atoms with Gasteiger partial charge in [-0.3, -0.25) is 0 Å². The molecule has 302 valence electrons. The van der Waals surface area contributed by atoms with Crippen LogP contribution in [0.3, 0.4) is 0 Å². The van der Waals surface area contributed by atoms with Gasteiger partial charge in [-0.25, -0.2) is 9.59 Å². The van der Waals surface area contributed by atoms with Crippen LogP contribution in [0.2, 0.25) is 0 Å². The van der Waals surface area contributed by atoms with Gasteiger partial charge in [-0.05, 0) is 108 Å². The lowest BCUT2D eigenvalue weighted by atomic mass is 9.84. The minimum Gasteiger partial charge on any atom is -0.395 e. The molecule has 0 aliphatic heterocycles. The zero-order chi connectivity index (χ0) is 41.6. The van der Waals surface area contributed by atoms with Crippen molar-refractivity contribution in [2.45, 2.75) is 79.1 Å². The molecule has 0 aliphatic carbocycles. The van der Waals surface area contributed by atoms with Crippen molar-refractivity contribution in [2.75, 3.05) is 0 Å². The third kappa shape index (κ3) is 8.55. The van der Waals surface area contributed by atoms with Crippen molar-refractivity contribution in [2.24, 2.45) is 0 Å². The Morgan fingerprint density at radius 2 is 0.767 bits per heavy atom. The van der Waals surface area contributed by atoms with Gasteiger partial charge in [0.1, 0.15) is 23.0 Å². The average Bonchev–Trinajstić information content (AvgIpc) is 3.26. The number of aryl methyl sites for hydroxylation is 4. The molecule has 0 spiro atoms. The summed E-state index contributed by atoms with van der Waals surface area (Å²) in [6.07, 6.45) is 6.85. The number of hydrogen-bond donors (Lipinski definition) is 0. The van der Waals surface area contributed by atoms with Crippen LogP contribution >= 0.6 is 0 Å². The number of carbonyl (C=O) groups excluding carboxylic acids is 2. The fourth-order valence-corrected chi connectivity index (χ4v) is 8.21. The summed E-state index contributed by atoms with van der Waals surface area (Å²) in [5.74, 6) is 1.70. The fraction of sp³-hybridized carbons (Fsp3) is 0.222. The van der Waals surface area contributed by atoms with Crippen molar-refractivity contribution in [1.29, 1.82) is 0 Å². The van der Waals surface area contributed by atoms with Gasteiger partial charge in [-0.2, -0.15) is 0 Å². The van der Waals surface area contributed by atoms with E-state index in [2.05, 4.69) is 62.4 Å². The second-order valence-electron chi connectivity index (χ2n) is 15.7. The number of rotatable bonds is 13. The molecule has 8 rings (SSSR count). The Morgan fingerprint density at radius 1 is 0.400 bits per heavy atom. The number of ether oxygens (including phenoxy) is 4. The first-order valence-electron chi connectivity index (χ1n) is 21.2. The molecule has 0 saturated carbocycles. The van der Waals surface area contributed by atoms with E-state index in [1.807, 2.05) is 74.5 Å². The van der Waals surface area contributed by atoms with E-state index in [1.165, 1.54) is 11.1 Å². The molecule has 0 atom stereocenters. The Morgan fingerprint density at radius 3 is 1.15 bits per heavy atom. The Bertz CT molecular complexity index is 2640. The Balaban J connectivity index is 1.38. The first-order valence-corrected chi connectivity index (χ1v) is 21.2. The molecule has 0 saturated heterocycles. The molecule has 60 heavy (non-hydrogen) atoms. The van der Waals surface area contributed by atoms with E-state index in [1.54, 1.807) is 24.3 Å². The van der Waals surface area contributed by atoms with Crippen molar-refractivity contribution < 1.29 is 28.5 Å². The van der Waals surface area contributed by atoms with Crippen molar-refractivity contribution in [3.8, 4) is 34.1 Å². The van der Waals surface area contributed by atoms with Gasteiger partial charge in [0.2, 0.25) is 0 Å². The molecule has 0 heterocycles. The van der Waals surface area contributed by atoms with Gasteiger partial charge in [0, 0.05) is 21.5 Å². The molecule has 0 bridgehead atoms. The van der Waals surface area contributed by atoms with Gasteiger partial charge < -0.3 is 18.9 Å². The standard InChI is InChI=1S/C54H50O6/c1-5-7-9-15-37-25-31-45-47(33-37)49(41-17-11-13-19-43(41)51(45)59-53(55)57-39-27-21-35(3)22-28-39)50-42-18-12-14-20-44(42)52(60-54(56)58-40-29-23-36(4)24-30-40)46-32-26-38(34-48(46)50)16-10-8-6-2/h11-14,17-34H,5-10,15-16H2,1-4H3. The highest BCUT2D eigenvalue weighted by Gasteiger charge is 2.25. The summed E-state index contributed by atoms with van der Waals surface area (Å²) in [7, 11) is 0. The predicted octanol–water partition coefficient (Wildman–Crippen LogP) is 15.2.